The van der Waals surface area contributed by atoms with Crippen molar-refractivity contribution in [3.8, 4) is 6.26 Å². The number of ether oxygens (including phenoxy) is 1. The summed E-state index contributed by atoms with van der Waals surface area (Å²) in [6.45, 7) is 3.44. The molecule has 0 saturated heterocycles. The summed E-state index contributed by atoms with van der Waals surface area (Å²) in [5.41, 5.74) is -0.0606. The molecule has 0 radical (unpaired) electrons. The van der Waals surface area contributed by atoms with Crippen molar-refractivity contribution in [3.05, 3.63) is 34.0 Å². The van der Waals surface area contributed by atoms with Gasteiger partial charge in [-0.15, -0.1) is 0 Å². The number of rotatable bonds is 5. The lowest BCUT2D eigenvalue weighted by molar-refractivity contribution is -0.419. The van der Waals surface area contributed by atoms with Crippen LogP contribution in [0.2, 0.25) is 0 Å². The summed E-state index contributed by atoms with van der Waals surface area (Å²) in [5.74, 6) is 0. The van der Waals surface area contributed by atoms with Gasteiger partial charge in [-0.05, 0) is 13.3 Å². The summed E-state index contributed by atoms with van der Waals surface area (Å²) in [6, 6.07) is 0. The minimum absolute atomic E-state index is 0.0606. The van der Waals surface area contributed by atoms with Crippen molar-refractivity contribution in [2.24, 2.45) is 0 Å². The third-order valence-electron chi connectivity index (χ3n) is 1.38. The Morgan fingerprint density at radius 3 is 2.86 bits per heavy atom. The number of allylic oxidation sites excluding steroid dienone is 2. The molecule has 0 rings (SSSR count). The molecular formula is C9H12N2O3. The van der Waals surface area contributed by atoms with Crippen LogP contribution in [0.4, 0.5) is 0 Å². The van der Waals surface area contributed by atoms with Crippen molar-refractivity contribution < 1.29 is 9.66 Å². The van der Waals surface area contributed by atoms with Crippen LogP contribution in [0.25, 0.3) is 0 Å². The fraction of sp³-hybridized carbons (Fsp3) is 0.444. The van der Waals surface area contributed by atoms with E-state index in [-0.39, 0.29) is 5.70 Å². The summed E-state index contributed by atoms with van der Waals surface area (Å²) in [5, 5.41) is 18.7. The van der Waals surface area contributed by atoms with Crippen LogP contribution in [-0.2, 0) is 4.74 Å². The summed E-state index contributed by atoms with van der Waals surface area (Å²) in [6.07, 6.45) is 5.98. The maximum atomic E-state index is 10.5. The summed E-state index contributed by atoms with van der Waals surface area (Å²) < 4.78 is 4.49. The summed E-state index contributed by atoms with van der Waals surface area (Å²) >= 11 is 0. The molecule has 0 aliphatic carbocycles. The molecule has 5 nitrogen and oxygen atoms in total. The quantitative estimate of drug-likeness (QED) is 0.291. The van der Waals surface area contributed by atoms with Gasteiger partial charge in [0.25, 0.3) is 12.0 Å². The van der Waals surface area contributed by atoms with E-state index < -0.39 is 11.0 Å². The SMILES string of the molecule is CC/C=C\C(=C/C(C)OC#N)[N+](=O)[O-]. The molecule has 0 N–H and O–H groups in total. The van der Waals surface area contributed by atoms with Crippen LogP contribution in [0.15, 0.2) is 23.9 Å². The molecule has 76 valence electrons. The first-order valence-electron chi connectivity index (χ1n) is 4.19. The molecule has 1 atom stereocenters. The van der Waals surface area contributed by atoms with Crippen LogP contribution in [-0.4, -0.2) is 11.0 Å². The smallest absolute Gasteiger partial charge is 0.286 e. The van der Waals surface area contributed by atoms with Gasteiger partial charge in [-0.1, -0.05) is 13.0 Å². The van der Waals surface area contributed by atoms with Crippen molar-refractivity contribution in [2.45, 2.75) is 26.4 Å². The fourth-order valence-corrected chi connectivity index (χ4v) is 0.773. The van der Waals surface area contributed by atoms with Gasteiger partial charge in [0.15, 0.2) is 0 Å². The van der Waals surface area contributed by atoms with Crippen LogP contribution in [0.5, 0.6) is 0 Å². The third kappa shape index (κ3) is 4.93. The van der Waals surface area contributed by atoms with Gasteiger partial charge in [-0.2, -0.15) is 5.26 Å². The molecule has 0 aliphatic heterocycles. The first-order chi connectivity index (χ1) is 6.61. The van der Waals surface area contributed by atoms with Gasteiger partial charge in [0.05, 0.1) is 4.92 Å². The van der Waals surface area contributed by atoms with Gasteiger partial charge in [0, 0.05) is 12.2 Å². The first-order valence-corrected chi connectivity index (χ1v) is 4.19. The molecule has 0 heterocycles. The molecule has 0 spiro atoms. The normalized spacial score (nSPS) is 13.6. The Hall–Kier alpha value is -1.83. The molecular weight excluding hydrogens is 184 g/mol. The van der Waals surface area contributed by atoms with Crippen molar-refractivity contribution in [2.75, 3.05) is 0 Å². The van der Waals surface area contributed by atoms with Crippen LogP contribution in [0.3, 0.4) is 0 Å². The molecule has 5 heteroatoms. The summed E-state index contributed by atoms with van der Waals surface area (Å²) in [7, 11) is 0. The molecule has 14 heavy (non-hydrogen) atoms. The largest absolute Gasteiger partial charge is 0.420 e. The standard InChI is InChI=1S/C9H12N2O3/c1-3-4-5-9(11(12)13)6-8(2)14-7-10/h4-6,8H,3H2,1-2H3/b5-4-,9-6+. The second kappa shape index (κ2) is 6.66. The second-order valence-corrected chi connectivity index (χ2v) is 2.57. The first kappa shape index (κ1) is 12.2. The van der Waals surface area contributed by atoms with Crippen molar-refractivity contribution in [3.63, 3.8) is 0 Å². The van der Waals surface area contributed by atoms with Crippen LogP contribution >= 0.6 is 0 Å². The lowest BCUT2D eigenvalue weighted by atomic mass is 10.3. The molecule has 0 saturated carbocycles. The van der Waals surface area contributed by atoms with E-state index in [4.69, 9.17) is 5.26 Å². The molecule has 0 amide bonds. The Morgan fingerprint density at radius 1 is 1.79 bits per heavy atom. The van der Waals surface area contributed by atoms with E-state index in [1.165, 1.54) is 18.4 Å². The van der Waals surface area contributed by atoms with Gasteiger partial charge < -0.3 is 4.74 Å². The van der Waals surface area contributed by atoms with Gasteiger partial charge in [-0.25, -0.2) is 0 Å². The number of nitro groups is 1. The molecule has 0 aromatic carbocycles. The zero-order valence-corrected chi connectivity index (χ0v) is 8.14. The van der Waals surface area contributed by atoms with E-state index in [1.807, 2.05) is 6.92 Å². The third-order valence-corrected chi connectivity index (χ3v) is 1.38. The molecule has 0 bridgehead atoms. The Kier molecular flexibility index (Phi) is 5.79. The zero-order valence-electron chi connectivity index (χ0n) is 8.14. The lowest BCUT2D eigenvalue weighted by Crippen LogP contribution is -2.05. The Balaban J connectivity index is 4.57. The Bertz CT molecular complexity index is 289. The highest BCUT2D eigenvalue weighted by Gasteiger charge is 2.09. The Labute approximate surface area is 82.4 Å². The van der Waals surface area contributed by atoms with Crippen LogP contribution in [0, 0.1) is 21.6 Å². The zero-order chi connectivity index (χ0) is 11.0. The van der Waals surface area contributed by atoms with E-state index in [2.05, 4.69) is 4.74 Å². The van der Waals surface area contributed by atoms with Crippen molar-refractivity contribution in [1.82, 2.24) is 0 Å². The molecule has 0 aliphatic rings. The van der Waals surface area contributed by atoms with E-state index in [9.17, 15) is 10.1 Å². The van der Waals surface area contributed by atoms with Gasteiger partial charge in [-0.3, -0.25) is 10.1 Å². The predicted molar refractivity (Wildman–Crippen MR) is 50.7 cm³/mol. The minimum Gasteiger partial charge on any atom is -0.420 e. The van der Waals surface area contributed by atoms with E-state index in [0.29, 0.717) is 0 Å². The fourth-order valence-electron chi connectivity index (χ4n) is 0.773. The van der Waals surface area contributed by atoms with Crippen molar-refractivity contribution in [1.29, 1.82) is 5.26 Å². The number of nitrogens with zero attached hydrogens (tertiary/aromatic N) is 2. The highest BCUT2D eigenvalue weighted by atomic mass is 16.6. The lowest BCUT2D eigenvalue weighted by Gasteiger charge is -1.99. The van der Waals surface area contributed by atoms with E-state index >= 15 is 0 Å². The summed E-state index contributed by atoms with van der Waals surface area (Å²) in [4.78, 5) is 9.98. The molecule has 0 aromatic heterocycles. The number of nitriles is 1. The van der Waals surface area contributed by atoms with Crippen LogP contribution in [0.1, 0.15) is 20.3 Å². The average Bonchev–Trinajstić information content (AvgIpc) is 2.12. The molecule has 0 fully saturated rings. The minimum atomic E-state index is -0.582. The maximum Gasteiger partial charge on any atom is 0.286 e. The van der Waals surface area contributed by atoms with Crippen molar-refractivity contribution >= 4 is 0 Å². The van der Waals surface area contributed by atoms with Gasteiger partial charge in [0.2, 0.25) is 0 Å². The van der Waals surface area contributed by atoms with E-state index in [0.717, 1.165) is 6.42 Å². The average molecular weight is 196 g/mol. The highest BCUT2D eigenvalue weighted by molar-refractivity contribution is 5.12. The molecule has 0 aromatic rings. The second-order valence-electron chi connectivity index (χ2n) is 2.57. The Morgan fingerprint density at radius 2 is 2.43 bits per heavy atom. The number of hydrogen-bond acceptors (Lipinski definition) is 4. The predicted octanol–water partition coefficient (Wildman–Crippen LogP) is 2.00. The number of hydrogen-bond donors (Lipinski definition) is 0. The van der Waals surface area contributed by atoms with Gasteiger partial charge in [0.1, 0.15) is 6.10 Å². The highest BCUT2D eigenvalue weighted by Crippen LogP contribution is 2.03. The molecule has 1 unspecified atom stereocenters. The van der Waals surface area contributed by atoms with Crippen LogP contribution < -0.4 is 0 Å². The maximum absolute atomic E-state index is 10.5. The van der Waals surface area contributed by atoms with E-state index in [1.54, 1.807) is 13.0 Å². The topological polar surface area (TPSA) is 76.2 Å². The monoisotopic (exact) mass is 196 g/mol. The van der Waals surface area contributed by atoms with Gasteiger partial charge >= 0.3 is 0 Å².